The monoisotopic (exact) mass is 393 g/mol. The van der Waals surface area contributed by atoms with Crippen LogP contribution in [0.3, 0.4) is 0 Å². The van der Waals surface area contributed by atoms with Crippen LogP contribution >= 0.6 is 11.8 Å². The van der Waals surface area contributed by atoms with Crippen molar-refractivity contribution in [2.24, 2.45) is 0 Å². The number of H-pyrrole nitrogens is 1. The average molecular weight is 393 g/mol. The molecule has 0 aliphatic carbocycles. The van der Waals surface area contributed by atoms with Gasteiger partial charge >= 0.3 is 0 Å². The van der Waals surface area contributed by atoms with Gasteiger partial charge in [0.2, 0.25) is 11.1 Å². The lowest BCUT2D eigenvalue weighted by molar-refractivity contribution is -0.115. The zero-order valence-electron chi connectivity index (χ0n) is 15.5. The van der Waals surface area contributed by atoms with E-state index in [1.165, 1.54) is 11.8 Å². The van der Waals surface area contributed by atoms with Gasteiger partial charge in [-0.05, 0) is 24.6 Å². The number of hydrogen-bond acceptors (Lipinski definition) is 6. The second kappa shape index (κ2) is 7.85. The van der Waals surface area contributed by atoms with E-state index < -0.39 is 0 Å². The van der Waals surface area contributed by atoms with Crippen molar-refractivity contribution < 1.29 is 9.53 Å². The van der Waals surface area contributed by atoms with Crippen molar-refractivity contribution in [3.63, 3.8) is 0 Å². The van der Waals surface area contributed by atoms with E-state index in [0.29, 0.717) is 28.7 Å². The number of carbonyl (C=O) groups is 1. The van der Waals surface area contributed by atoms with Gasteiger partial charge in [-0.1, -0.05) is 49.0 Å². The van der Waals surface area contributed by atoms with Crippen LogP contribution < -0.4 is 10.1 Å². The smallest absolute Gasteiger partial charge is 0.238 e. The SMILES string of the molecule is CC[C@H](Sc1nnc2c(n1)[nH]c1ccccc12)C(=O)Nc1ccccc1OC. The fourth-order valence-electron chi connectivity index (χ4n) is 2.97. The van der Waals surface area contributed by atoms with E-state index in [1.807, 2.05) is 49.4 Å². The minimum atomic E-state index is -0.353. The number of nitrogens with zero attached hydrogens (tertiary/aromatic N) is 3. The van der Waals surface area contributed by atoms with Crippen molar-refractivity contribution in [3.05, 3.63) is 48.5 Å². The molecule has 8 heteroatoms. The highest BCUT2D eigenvalue weighted by Gasteiger charge is 2.21. The number of rotatable bonds is 6. The Morgan fingerprint density at radius 1 is 1.18 bits per heavy atom. The summed E-state index contributed by atoms with van der Waals surface area (Å²) in [6.07, 6.45) is 0.625. The van der Waals surface area contributed by atoms with Gasteiger partial charge in [-0.15, -0.1) is 10.2 Å². The van der Waals surface area contributed by atoms with Crippen molar-refractivity contribution in [1.82, 2.24) is 20.2 Å². The molecule has 0 aliphatic heterocycles. The van der Waals surface area contributed by atoms with E-state index in [0.717, 1.165) is 16.4 Å². The molecule has 142 valence electrons. The lowest BCUT2D eigenvalue weighted by Gasteiger charge is -2.15. The largest absolute Gasteiger partial charge is 0.495 e. The van der Waals surface area contributed by atoms with Gasteiger partial charge in [0.15, 0.2) is 5.65 Å². The number of ether oxygens (including phenoxy) is 1. The molecule has 28 heavy (non-hydrogen) atoms. The summed E-state index contributed by atoms with van der Waals surface area (Å²) in [4.78, 5) is 20.6. The molecular weight excluding hydrogens is 374 g/mol. The Bertz CT molecular complexity index is 1140. The number of aromatic amines is 1. The standard InChI is InChI=1S/C20H19N5O2S/c1-3-16(19(26)22-14-10-6-7-11-15(14)27-2)28-20-23-18-17(24-25-20)12-8-4-5-9-13(12)21-18/h4-11,16H,3H2,1-2H3,(H,22,26)(H,21,23,25)/t16-/m0/s1. The van der Waals surface area contributed by atoms with Crippen molar-refractivity contribution in [1.29, 1.82) is 0 Å². The molecule has 2 aromatic carbocycles. The number of amides is 1. The minimum absolute atomic E-state index is 0.127. The number of fused-ring (bicyclic) bond motifs is 3. The van der Waals surface area contributed by atoms with Crippen LogP contribution in [0.5, 0.6) is 5.75 Å². The summed E-state index contributed by atoms with van der Waals surface area (Å²) in [5, 5.41) is 12.5. The molecule has 0 unspecified atom stereocenters. The lowest BCUT2D eigenvalue weighted by Crippen LogP contribution is -2.25. The van der Waals surface area contributed by atoms with Gasteiger partial charge in [-0.2, -0.15) is 0 Å². The van der Waals surface area contributed by atoms with Crippen LogP contribution in [0.1, 0.15) is 13.3 Å². The van der Waals surface area contributed by atoms with E-state index in [2.05, 4.69) is 25.5 Å². The molecule has 0 fully saturated rings. The summed E-state index contributed by atoms with van der Waals surface area (Å²) in [6, 6.07) is 15.2. The van der Waals surface area contributed by atoms with Crippen LogP contribution in [0.25, 0.3) is 22.1 Å². The van der Waals surface area contributed by atoms with Crippen molar-refractivity contribution in [2.75, 3.05) is 12.4 Å². The van der Waals surface area contributed by atoms with Crippen LogP contribution in [0.4, 0.5) is 5.69 Å². The molecule has 4 rings (SSSR count). The summed E-state index contributed by atoms with van der Waals surface area (Å²) < 4.78 is 5.29. The number of para-hydroxylation sites is 3. The highest BCUT2D eigenvalue weighted by Crippen LogP contribution is 2.28. The van der Waals surface area contributed by atoms with Crippen molar-refractivity contribution in [3.8, 4) is 5.75 Å². The van der Waals surface area contributed by atoms with Crippen LogP contribution in [0.15, 0.2) is 53.7 Å². The Kier molecular flexibility index (Phi) is 5.12. The Labute approximate surface area is 165 Å². The van der Waals surface area contributed by atoms with E-state index >= 15 is 0 Å². The van der Waals surface area contributed by atoms with Gasteiger partial charge in [0.1, 0.15) is 11.3 Å². The highest BCUT2D eigenvalue weighted by molar-refractivity contribution is 8.00. The van der Waals surface area contributed by atoms with E-state index in [9.17, 15) is 4.79 Å². The molecule has 2 heterocycles. The van der Waals surface area contributed by atoms with E-state index in [-0.39, 0.29) is 11.2 Å². The molecule has 0 saturated carbocycles. The minimum Gasteiger partial charge on any atom is -0.495 e. The number of carbonyl (C=O) groups excluding carboxylic acids is 1. The first-order chi connectivity index (χ1) is 13.7. The third-order valence-corrected chi connectivity index (χ3v) is 5.59. The quantitative estimate of drug-likeness (QED) is 0.481. The van der Waals surface area contributed by atoms with Crippen molar-refractivity contribution in [2.45, 2.75) is 23.8 Å². The molecule has 0 radical (unpaired) electrons. The van der Waals surface area contributed by atoms with Gasteiger partial charge in [0, 0.05) is 10.9 Å². The van der Waals surface area contributed by atoms with Crippen LogP contribution in [-0.4, -0.2) is 38.4 Å². The fourth-order valence-corrected chi connectivity index (χ4v) is 3.79. The molecular formula is C20H19N5O2S. The first kappa shape index (κ1) is 18.2. The van der Waals surface area contributed by atoms with Crippen LogP contribution in [0, 0.1) is 0 Å². The van der Waals surface area contributed by atoms with Crippen LogP contribution in [-0.2, 0) is 4.79 Å². The second-order valence-electron chi connectivity index (χ2n) is 6.17. The number of anilines is 1. The molecule has 0 saturated heterocycles. The zero-order valence-corrected chi connectivity index (χ0v) is 16.3. The topological polar surface area (TPSA) is 92.8 Å². The van der Waals surface area contributed by atoms with Crippen molar-refractivity contribution >= 4 is 45.4 Å². The zero-order chi connectivity index (χ0) is 19.5. The molecule has 2 N–H and O–H groups in total. The molecule has 1 amide bonds. The number of aromatic nitrogens is 4. The number of thioether (sulfide) groups is 1. The Morgan fingerprint density at radius 3 is 2.79 bits per heavy atom. The number of benzene rings is 2. The third-order valence-electron chi connectivity index (χ3n) is 4.38. The van der Waals surface area contributed by atoms with Gasteiger partial charge in [0.05, 0.1) is 18.0 Å². The van der Waals surface area contributed by atoms with Gasteiger partial charge in [-0.3, -0.25) is 4.79 Å². The van der Waals surface area contributed by atoms with Gasteiger partial charge in [-0.25, -0.2) is 4.98 Å². The summed E-state index contributed by atoms with van der Waals surface area (Å²) in [6.45, 7) is 1.95. The number of methoxy groups -OCH3 is 1. The normalized spacial score (nSPS) is 12.2. The molecule has 1 atom stereocenters. The second-order valence-corrected chi connectivity index (χ2v) is 7.34. The van der Waals surface area contributed by atoms with E-state index in [4.69, 9.17) is 4.74 Å². The van der Waals surface area contributed by atoms with E-state index in [1.54, 1.807) is 13.2 Å². The first-order valence-electron chi connectivity index (χ1n) is 8.91. The maximum Gasteiger partial charge on any atom is 0.238 e. The Balaban J connectivity index is 1.55. The maximum atomic E-state index is 12.7. The molecule has 7 nitrogen and oxygen atoms in total. The molecule has 0 bridgehead atoms. The highest BCUT2D eigenvalue weighted by atomic mass is 32.2. The first-order valence-corrected chi connectivity index (χ1v) is 9.79. The molecule has 2 aromatic heterocycles. The summed E-state index contributed by atoms with van der Waals surface area (Å²) >= 11 is 1.30. The summed E-state index contributed by atoms with van der Waals surface area (Å²) in [5.74, 6) is 0.491. The Hall–Kier alpha value is -3.13. The maximum absolute atomic E-state index is 12.7. The number of nitrogens with one attached hydrogen (secondary N) is 2. The number of hydrogen-bond donors (Lipinski definition) is 2. The average Bonchev–Trinajstić information content (AvgIpc) is 3.10. The molecule has 0 spiro atoms. The third kappa shape index (κ3) is 3.50. The summed E-state index contributed by atoms with van der Waals surface area (Å²) in [5.41, 5.74) is 2.99. The Morgan fingerprint density at radius 2 is 1.96 bits per heavy atom. The lowest BCUT2D eigenvalue weighted by atomic mass is 10.2. The van der Waals surface area contributed by atoms with Gasteiger partial charge in [0.25, 0.3) is 0 Å². The fraction of sp³-hybridized carbons (Fsp3) is 0.200. The molecule has 0 aliphatic rings. The van der Waals surface area contributed by atoms with Crippen LogP contribution in [0.2, 0.25) is 0 Å². The predicted molar refractivity (Wildman–Crippen MR) is 111 cm³/mol. The predicted octanol–water partition coefficient (Wildman–Crippen LogP) is 4.02. The molecule has 4 aromatic rings. The van der Waals surface area contributed by atoms with Gasteiger partial charge < -0.3 is 15.0 Å². The summed E-state index contributed by atoms with van der Waals surface area (Å²) in [7, 11) is 1.58.